The molecule has 1 heterocycles. The molecule has 96 valence electrons. The summed E-state index contributed by atoms with van der Waals surface area (Å²) in [4.78, 5) is 30.3. The van der Waals surface area contributed by atoms with Gasteiger partial charge in [-0.05, 0) is 18.8 Å². The van der Waals surface area contributed by atoms with Crippen LogP contribution in [0, 0.1) is 11.8 Å². The third-order valence-electron chi connectivity index (χ3n) is 3.32. The minimum atomic E-state index is -0.769. The Morgan fingerprint density at radius 2 is 2.06 bits per heavy atom. The highest BCUT2D eigenvalue weighted by Crippen LogP contribution is 2.31. The molecule has 2 unspecified atom stereocenters. The summed E-state index contributed by atoms with van der Waals surface area (Å²) in [5, 5.41) is 11.8. The second kappa shape index (κ2) is 5.57. The Morgan fingerprint density at radius 3 is 2.72 bits per heavy atom. The van der Waals surface area contributed by atoms with Crippen molar-refractivity contribution >= 4 is 11.9 Å². The molecule has 1 aliphatic carbocycles. The summed E-state index contributed by atoms with van der Waals surface area (Å²) in [5.41, 5.74) is 0.391. The largest absolute Gasteiger partial charge is 0.481 e. The van der Waals surface area contributed by atoms with Gasteiger partial charge in [0.05, 0.1) is 11.5 Å². The average Bonchev–Trinajstić information content (AvgIpc) is 2.85. The summed E-state index contributed by atoms with van der Waals surface area (Å²) in [5.74, 6) is -1.34. The van der Waals surface area contributed by atoms with Gasteiger partial charge in [0.25, 0.3) is 5.91 Å². The van der Waals surface area contributed by atoms with Crippen molar-refractivity contribution in [2.75, 3.05) is 6.54 Å². The maximum Gasteiger partial charge on any atom is 0.306 e. The Balaban J connectivity index is 1.88. The van der Waals surface area contributed by atoms with E-state index in [1.165, 1.54) is 18.7 Å². The molecule has 2 N–H and O–H groups in total. The van der Waals surface area contributed by atoms with Gasteiger partial charge in [0.1, 0.15) is 6.33 Å². The summed E-state index contributed by atoms with van der Waals surface area (Å²) in [6.45, 7) is 0.394. The average molecular weight is 249 g/mol. The van der Waals surface area contributed by atoms with Crippen LogP contribution in [0.5, 0.6) is 0 Å². The van der Waals surface area contributed by atoms with Crippen LogP contribution in [0.15, 0.2) is 18.7 Å². The van der Waals surface area contributed by atoms with Crippen molar-refractivity contribution in [3.05, 3.63) is 24.3 Å². The minimum Gasteiger partial charge on any atom is -0.481 e. The van der Waals surface area contributed by atoms with Crippen molar-refractivity contribution in [3.8, 4) is 0 Å². The third kappa shape index (κ3) is 2.82. The highest BCUT2D eigenvalue weighted by atomic mass is 16.4. The van der Waals surface area contributed by atoms with E-state index in [1.807, 2.05) is 0 Å². The number of aromatic nitrogens is 2. The summed E-state index contributed by atoms with van der Waals surface area (Å²) in [7, 11) is 0. The van der Waals surface area contributed by atoms with Gasteiger partial charge < -0.3 is 10.4 Å². The van der Waals surface area contributed by atoms with Crippen molar-refractivity contribution in [1.82, 2.24) is 15.3 Å². The Hall–Kier alpha value is -1.98. The maximum atomic E-state index is 11.7. The van der Waals surface area contributed by atoms with Gasteiger partial charge in [-0.2, -0.15) is 0 Å². The fourth-order valence-electron chi connectivity index (χ4n) is 2.35. The molecule has 0 saturated heterocycles. The number of rotatable bonds is 4. The number of hydrogen-bond donors (Lipinski definition) is 2. The van der Waals surface area contributed by atoms with E-state index in [-0.39, 0.29) is 17.7 Å². The quantitative estimate of drug-likeness (QED) is 0.819. The van der Waals surface area contributed by atoms with Crippen molar-refractivity contribution < 1.29 is 14.7 Å². The Kier molecular flexibility index (Phi) is 3.86. The molecule has 1 aliphatic rings. The van der Waals surface area contributed by atoms with E-state index >= 15 is 0 Å². The molecule has 0 radical (unpaired) electrons. The predicted molar refractivity (Wildman–Crippen MR) is 62.8 cm³/mol. The van der Waals surface area contributed by atoms with Gasteiger partial charge in [-0.15, -0.1) is 0 Å². The van der Waals surface area contributed by atoms with Gasteiger partial charge in [-0.1, -0.05) is 6.42 Å². The Bertz CT molecular complexity index is 435. The van der Waals surface area contributed by atoms with Crippen LogP contribution < -0.4 is 5.32 Å². The molecule has 6 heteroatoms. The molecule has 0 bridgehead atoms. The molecule has 6 nitrogen and oxygen atoms in total. The fraction of sp³-hybridized carbons (Fsp3) is 0.500. The van der Waals surface area contributed by atoms with E-state index in [0.29, 0.717) is 18.5 Å². The van der Waals surface area contributed by atoms with Crippen molar-refractivity contribution in [2.45, 2.75) is 19.3 Å². The molecular weight excluding hydrogens is 234 g/mol. The highest BCUT2D eigenvalue weighted by molar-refractivity contribution is 5.93. The van der Waals surface area contributed by atoms with Crippen LogP contribution in [0.2, 0.25) is 0 Å². The van der Waals surface area contributed by atoms with Crippen LogP contribution in [0.3, 0.4) is 0 Å². The monoisotopic (exact) mass is 249 g/mol. The lowest BCUT2D eigenvalue weighted by Gasteiger charge is -2.16. The normalized spacial score (nSPS) is 22.7. The summed E-state index contributed by atoms with van der Waals surface area (Å²) in [6.07, 6.45) is 6.68. The summed E-state index contributed by atoms with van der Waals surface area (Å²) < 4.78 is 0. The lowest BCUT2D eigenvalue weighted by Crippen LogP contribution is -2.33. The molecule has 1 amide bonds. The van der Waals surface area contributed by atoms with Crippen molar-refractivity contribution in [2.24, 2.45) is 11.8 Å². The van der Waals surface area contributed by atoms with Crippen LogP contribution in [-0.2, 0) is 4.79 Å². The first-order valence-electron chi connectivity index (χ1n) is 5.94. The van der Waals surface area contributed by atoms with E-state index in [0.717, 1.165) is 12.8 Å². The zero-order valence-corrected chi connectivity index (χ0v) is 9.87. The number of aliphatic carboxylic acids is 1. The predicted octanol–water partition coefficient (Wildman–Crippen LogP) is 0.707. The van der Waals surface area contributed by atoms with Gasteiger partial charge >= 0.3 is 5.97 Å². The molecule has 1 aromatic heterocycles. The van der Waals surface area contributed by atoms with Gasteiger partial charge in [-0.3, -0.25) is 9.59 Å². The number of carboxylic acid groups (broad SMARTS) is 1. The van der Waals surface area contributed by atoms with Gasteiger partial charge in [0.15, 0.2) is 0 Å². The van der Waals surface area contributed by atoms with Crippen LogP contribution in [0.1, 0.15) is 29.6 Å². The van der Waals surface area contributed by atoms with Crippen LogP contribution >= 0.6 is 0 Å². The summed E-state index contributed by atoms with van der Waals surface area (Å²) in [6, 6.07) is 0. The van der Waals surface area contributed by atoms with Crippen molar-refractivity contribution in [3.63, 3.8) is 0 Å². The zero-order valence-electron chi connectivity index (χ0n) is 9.87. The minimum absolute atomic E-state index is 0.0241. The van der Waals surface area contributed by atoms with E-state index in [4.69, 9.17) is 5.11 Å². The lowest BCUT2D eigenvalue weighted by molar-refractivity contribution is -0.142. The first-order valence-corrected chi connectivity index (χ1v) is 5.94. The Morgan fingerprint density at radius 1 is 1.33 bits per heavy atom. The number of carbonyl (C=O) groups excluding carboxylic acids is 1. The summed E-state index contributed by atoms with van der Waals surface area (Å²) >= 11 is 0. The van der Waals surface area contributed by atoms with Crippen LogP contribution in [0.25, 0.3) is 0 Å². The first-order chi connectivity index (χ1) is 8.68. The second-order valence-electron chi connectivity index (χ2n) is 4.47. The van der Waals surface area contributed by atoms with Gasteiger partial charge in [0.2, 0.25) is 0 Å². The standard InChI is InChI=1S/C12H15N3O3/c16-11(9-4-13-7-14-5-9)15-6-8-2-1-3-10(8)12(17)18/h4-5,7-8,10H,1-3,6H2,(H,15,16)(H,17,18). The molecule has 1 saturated carbocycles. The fourth-order valence-corrected chi connectivity index (χ4v) is 2.35. The molecule has 0 aromatic carbocycles. The molecule has 2 rings (SSSR count). The molecule has 1 aromatic rings. The number of amides is 1. The lowest BCUT2D eigenvalue weighted by atomic mass is 9.96. The van der Waals surface area contributed by atoms with Crippen LogP contribution in [-0.4, -0.2) is 33.5 Å². The molecular formula is C12H15N3O3. The number of carboxylic acids is 1. The van der Waals surface area contributed by atoms with Gasteiger partial charge in [0, 0.05) is 18.9 Å². The molecule has 2 atom stereocenters. The third-order valence-corrected chi connectivity index (χ3v) is 3.32. The number of carbonyl (C=O) groups is 2. The maximum absolute atomic E-state index is 11.7. The zero-order chi connectivity index (χ0) is 13.0. The van der Waals surface area contributed by atoms with E-state index < -0.39 is 5.97 Å². The van der Waals surface area contributed by atoms with E-state index in [1.54, 1.807) is 0 Å². The first kappa shape index (κ1) is 12.5. The molecule has 0 aliphatic heterocycles. The molecule has 0 spiro atoms. The number of nitrogens with zero attached hydrogens (tertiary/aromatic N) is 2. The van der Waals surface area contributed by atoms with Gasteiger partial charge in [-0.25, -0.2) is 9.97 Å². The molecule has 18 heavy (non-hydrogen) atoms. The van der Waals surface area contributed by atoms with Crippen LogP contribution in [0.4, 0.5) is 0 Å². The van der Waals surface area contributed by atoms with Crippen molar-refractivity contribution in [1.29, 1.82) is 0 Å². The molecule has 1 fully saturated rings. The number of nitrogens with one attached hydrogen (secondary N) is 1. The SMILES string of the molecule is O=C(NCC1CCCC1C(=O)O)c1cncnc1. The smallest absolute Gasteiger partial charge is 0.306 e. The van der Waals surface area contributed by atoms with E-state index in [9.17, 15) is 9.59 Å². The number of hydrogen-bond acceptors (Lipinski definition) is 4. The Labute approximate surface area is 104 Å². The second-order valence-corrected chi connectivity index (χ2v) is 4.47. The highest BCUT2D eigenvalue weighted by Gasteiger charge is 2.32. The van der Waals surface area contributed by atoms with E-state index in [2.05, 4.69) is 15.3 Å². The topological polar surface area (TPSA) is 92.2 Å².